The first-order valence-electron chi connectivity index (χ1n) is 8.34. The fourth-order valence-corrected chi connectivity index (χ4v) is 2.94. The van der Waals surface area contributed by atoms with Crippen molar-refractivity contribution in [2.24, 2.45) is 0 Å². The lowest BCUT2D eigenvalue weighted by Crippen LogP contribution is -2.56. The predicted octanol–water partition coefficient (Wildman–Crippen LogP) is -0.180. The van der Waals surface area contributed by atoms with Crippen LogP contribution in [0.25, 0.3) is 5.69 Å². The summed E-state index contributed by atoms with van der Waals surface area (Å²) in [6, 6.07) is 4.72. The van der Waals surface area contributed by atoms with Crippen LogP contribution in [-0.2, 0) is 9.59 Å². The molecule has 1 aromatic heterocycles. The van der Waals surface area contributed by atoms with E-state index in [-0.39, 0.29) is 18.2 Å². The smallest absolute Gasteiger partial charge is 0.237 e. The van der Waals surface area contributed by atoms with E-state index in [0.717, 1.165) is 6.54 Å². The number of ether oxygens (including phenoxy) is 1. The summed E-state index contributed by atoms with van der Waals surface area (Å²) in [6.45, 7) is 4.04. The number of benzene rings is 1. The predicted molar refractivity (Wildman–Crippen MR) is 93.0 cm³/mol. The second kappa shape index (κ2) is 7.91. The van der Waals surface area contributed by atoms with Crippen molar-refractivity contribution in [2.75, 3.05) is 32.1 Å². The lowest BCUT2D eigenvalue weighted by molar-refractivity contribution is -0.132. The van der Waals surface area contributed by atoms with Crippen molar-refractivity contribution in [1.82, 2.24) is 30.4 Å². The monoisotopic (exact) mass is 359 g/mol. The van der Waals surface area contributed by atoms with E-state index in [1.165, 1.54) is 18.1 Å². The molecule has 1 atom stereocenters. The van der Waals surface area contributed by atoms with Gasteiger partial charge in [-0.3, -0.25) is 14.5 Å². The number of piperazine rings is 1. The molecule has 2 N–H and O–H groups in total. The number of hydrogen-bond acceptors (Lipinski definition) is 7. The largest absolute Gasteiger partial charge is 0.497 e. The van der Waals surface area contributed by atoms with Gasteiger partial charge in [-0.2, -0.15) is 0 Å². The Labute approximate surface area is 150 Å². The van der Waals surface area contributed by atoms with Crippen molar-refractivity contribution < 1.29 is 14.3 Å². The molecule has 1 aliphatic heterocycles. The molecule has 10 heteroatoms. The van der Waals surface area contributed by atoms with Crippen LogP contribution in [0.3, 0.4) is 0 Å². The molecule has 0 saturated carbocycles. The zero-order chi connectivity index (χ0) is 18.5. The van der Waals surface area contributed by atoms with Gasteiger partial charge in [0.2, 0.25) is 11.8 Å². The number of carbonyl (C=O) groups excluding carboxylic acids is 2. The zero-order valence-corrected chi connectivity index (χ0v) is 14.7. The fraction of sp³-hybridized carbons (Fsp3) is 0.438. The molecule has 1 unspecified atom stereocenters. The Morgan fingerprint density at radius 1 is 1.42 bits per heavy atom. The van der Waals surface area contributed by atoms with Gasteiger partial charge in [0.05, 0.1) is 25.3 Å². The summed E-state index contributed by atoms with van der Waals surface area (Å²) in [6.07, 6.45) is 1.53. The third kappa shape index (κ3) is 3.97. The number of anilines is 1. The van der Waals surface area contributed by atoms with Crippen molar-refractivity contribution in [2.45, 2.75) is 19.4 Å². The van der Waals surface area contributed by atoms with Crippen molar-refractivity contribution >= 4 is 17.5 Å². The second-order valence-corrected chi connectivity index (χ2v) is 5.86. The summed E-state index contributed by atoms with van der Waals surface area (Å²) >= 11 is 0. The highest BCUT2D eigenvalue weighted by Gasteiger charge is 2.30. The Hall–Kier alpha value is -3.01. The Morgan fingerprint density at radius 2 is 2.27 bits per heavy atom. The molecule has 1 aromatic carbocycles. The summed E-state index contributed by atoms with van der Waals surface area (Å²) in [5.41, 5.74) is 1.19. The van der Waals surface area contributed by atoms with Gasteiger partial charge < -0.3 is 15.4 Å². The normalized spacial score (nSPS) is 17.6. The number of rotatable bonds is 6. The summed E-state index contributed by atoms with van der Waals surface area (Å²) in [4.78, 5) is 26.6. The minimum atomic E-state index is -0.460. The first kappa shape index (κ1) is 17.8. The highest BCUT2D eigenvalue weighted by atomic mass is 16.5. The molecule has 0 spiro atoms. The van der Waals surface area contributed by atoms with Crippen LogP contribution < -0.4 is 15.4 Å². The molecule has 1 fully saturated rings. The van der Waals surface area contributed by atoms with Crippen LogP contribution >= 0.6 is 0 Å². The number of hydrogen-bond donors (Lipinski definition) is 2. The van der Waals surface area contributed by atoms with Gasteiger partial charge in [-0.25, -0.2) is 4.68 Å². The molecule has 2 aromatic rings. The maximum Gasteiger partial charge on any atom is 0.237 e. The van der Waals surface area contributed by atoms with E-state index in [1.54, 1.807) is 18.2 Å². The van der Waals surface area contributed by atoms with E-state index in [2.05, 4.69) is 26.2 Å². The first-order chi connectivity index (χ1) is 12.6. The highest BCUT2D eigenvalue weighted by molar-refractivity contribution is 5.96. The van der Waals surface area contributed by atoms with Crippen LogP contribution in [-0.4, -0.2) is 69.7 Å². The topological polar surface area (TPSA) is 114 Å². The van der Waals surface area contributed by atoms with Gasteiger partial charge in [0.25, 0.3) is 0 Å². The molecule has 1 saturated heterocycles. The maximum atomic E-state index is 12.5. The third-order valence-corrected chi connectivity index (χ3v) is 4.25. The molecule has 138 valence electrons. The SMILES string of the molecule is CCN1CCNC(=O)C1CC(=O)Nc1cc(OC)cc(-n2cnnn2)c1. The van der Waals surface area contributed by atoms with Crippen LogP contribution in [0, 0.1) is 0 Å². The molecular weight excluding hydrogens is 338 g/mol. The van der Waals surface area contributed by atoms with Gasteiger partial charge in [-0.1, -0.05) is 6.92 Å². The van der Waals surface area contributed by atoms with E-state index in [1.807, 2.05) is 11.8 Å². The lowest BCUT2D eigenvalue weighted by atomic mass is 10.1. The molecule has 1 aliphatic rings. The number of methoxy groups -OCH3 is 1. The average molecular weight is 359 g/mol. The molecule has 10 nitrogen and oxygen atoms in total. The Kier molecular flexibility index (Phi) is 5.42. The molecule has 3 rings (SSSR count). The molecule has 2 amide bonds. The van der Waals surface area contributed by atoms with Crippen LogP contribution in [0.4, 0.5) is 5.69 Å². The molecular formula is C16H21N7O3. The summed E-state index contributed by atoms with van der Waals surface area (Å²) in [5, 5.41) is 16.7. The molecule has 0 radical (unpaired) electrons. The van der Waals surface area contributed by atoms with Crippen molar-refractivity contribution in [3.63, 3.8) is 0 Å². The summed E-state index contributed by atoms with van der Waals surface area (Å²) < 4.78 is 6.73. The summed E-state index contributed by atoms with van der Waals surface area (Å²) in [7, 11) is 1.54. The standard InChI is InChI=1S/C16H21N7O3/c1-3-22-5-4-17-16(25)14(22)9-15(24)19-11-6-12(8-13(7-11)26-2)23-10-18-20-21-23/h6-8,10,14H,3-5,9H2,1-2H3,(H,17,25)(H,19,24). The Bertz CT molecular complexity index is 778. The van der Waals surface area contributed by atoms with E-state index >= 15 is 0 Å². The number of amides is 2. The number of nitrogens with one attached hydrogen (secondary N) is 2. The van der Waals surface area contributed by atoms with E-state index in [0.29, 0.717) is 30.2 Å². The van der Waals surface area contributed by atoms with E-state index in [4.69, 9.17) is 4.74 Å². The number of likely N-dealkylation sites (N-methyl/N-ethyl adjacent to an activating group) is 1. The number of carbonyl (C=O) groups is 2. The van der Waals surface area contributed by atoms with Gasteiger partial charge in [0.1, 0.15) is 12.1 Å². The van der Waals surface area contributed by atoms with Gasteiger partial charge in [0.15, 0.2) is 0 Å². The number of nitrogens with zero attached hydrogens (tertiary/aromatic N) is 5. The van der Waals surface area contributed by atoms with Crippen molar-refractivity contribution in [3.05, 3.63) is 24.5 Å². The lowest BCUT2D eigenvalue weighted by Gasteiger charge is -2.33. The van der Waals surface area contributed by atoms with Crippen LogP contribution in [0.2, 0.25) is 0 Å². The van der Waals surface area contributed by atoms with Crippen molar-refractivity contribution in [1.29, 1.82) is 0 Å². The minimum absolute atomic E-state index is 0.0805. The van der Waals surface area contributed by atoms with E-state index < -0.39 is 6.04 Å². The highest BCUT2D eigenvalue weighted by Crippen LogP contribution is 2.23. The van der Waals surface area contributed by atoms with Gasteiger partial charge >= 0.3 is 0 Å². The average Bonchev–Trinajstić information content (AvgIpc) is 3.17. The van der Waals surface area contributed by atoms with Crippen LogP contribution in [0.1, 0.15) is 13.3 Å². The van der Waals surface area contributed by atoms with Gasteiger partial charge in [0, 0.05) is 30.9 Å². The van der Waals surface area contributed by atoms with Crippen molar-refractivity contribution in [3.8, 4) is 11.4 Å². The Balaban J connectivity index is 1.74. The molecule has 2 heterocycles. The van der Waals surface area contributed by atoms with Crippen LogP contribution in [0.5, 0.6) is 5.75 Å². The minimum Gasteiger partial charge on any atom is -0.497 e. The van der Waals surface area contributed by atoms with Crippen LogP contribution in [0.15, 0.2) is 24.5 Å². The van der Waals surface area contributed by atoms with Gasteiger partial charge in [-0.15, -0.1) is 5.10 Å². The Morgan fingerprint density at radius 3 is 2.96 bits per heavy atom. The summed E-state index contributed by atoms with van der Waals surface area (Å²) in [5.74, 6) is 0.189. The second-order valence-electron chi connectivity index (χ2n) is 5.86. The molecule has 26 heavy (non-hydrogen) atoms. The number of aromatic nitrogens is 4. The maximum absolute atomic E-state index is 12.5. The molecule has 0 aliphatic carbocycles. The fourth-order valence-electron chi connectivity index (χ4n) is 2.94. The van der Waals surface area contributed by atoms with E-state index in [9.17, 15) is 9.59 Å². The zero-order valence-electron chi connectivity index (χ0n) is 14.7. The first-order valence-corrected chi connectivity index (χ1v) is 8.34. The quantitative estimate of drug-likeness (QED) is 0.735. The van der Waals surface area contributed by atoms with Gasteiger partial charge in [-0.05, 0) is 23.0 Å². The third-order valence-electron chi connectivity index (χ3n) is 4.25. The number of tetrazole rings is 1. The molecule has 0 bridgehead atoms.